The smallest absolute Gasteiger partial charge is 0.349 e. The van der Waals surface area contributed by atoms with Crippen molar-refractivity contribution >= 4 is 23.2 Å². The van der Waals surface area contributed by atoms with Crippen LogP contribution in [0.4, 0.5) is 0 Å². The fraction of sp³-hybridized carbons (Fsp3) is 0. The molecule has 0 fully saturated rings. The van der Waals surface area contributed by atoms with E-state index in [-0.39, 0.29) is 32.9 Å². The maximum absolute atomic E-state index is 12.1. The van der Waals surface area contributed by atoms with Gasteiger partial charge >= 0.3 is 5.69 Å². The minimum Gasteiger partial charge on any atom is -0.434 e. The lowest BCUT2D eigenvalue weighted by atomic mass is 10.1. The maximum atomic E-state index is 12.1. The topological polar surface area (TPSA) is 159 Å². The Kier molecular flexibility index (Phi) is 5.55. The van der Waals surface area contributed by atoms with E-state index < -0.39 is 22.5 Å². The van der Waals surface area contributed by atoms with Crippen LogP contribution in [0.2, 0.25) is 10.0 Å². The summed E-state index contributed by atoms with van der Waals surface area (Å²) in [4.78, 5) is 41.6. The van der Waals surface area contributed by atoms with Crippen LogP contribution in [0.5, 0.6) is 11.6 Å². The molecule has 2 N–H and O–H groups in total. The van der Waals surface area contributed by atoms with Gasteiger partial charge in [0.05, 0.1) is 21.3 Å². The zero-order valence-electron chi connectivity index (χ0n) is 15.7. The number of aromatic nitrogens is 6. The number of nitriles is 1. The van der Waals surface area contributed by atoms with Crippen LogP contribution in [0.25, 0.3) is 16.8 Å². The Balaban J connectivity index is 1.74. The van der Waals surface area contributed by atoms with Crippen molar-refractivity contribution in [3.63, 3.8) is 0 Å². The number of hydrogen-bond donors (Lipinski definition) is 2. The number of hydrogen-bond acceptors (Lipinski definition) is 8. The van der Waals surface area contributed by atoms with E-state index in [1.807, 2.05) is 4.98 Å². The van der Waals surface area contributed by atoms with Gasteiger partial charge in [-0.25, -0.2) is 9.89 Å². The van der Waals surface area contributed by atoms with Gasteiger partial charge in [-0.2, -0.15) is 9.94 Å². The summed E-state index contributed by atoms with van der Waals surface area (Å²) in [6.07, 6.45) is 3.07. The number of ether oxygens (including phenoxy) is 1. The first-order valence-electron chi connectivity index (χ1n) is 8.68. The number of nitrogens with zero attached hydrogens (tertiary/aromatic N) is 5. The highest BCUT2D eigenvalue weighted by molar-refractivity contribution is 6.37. The molecule has 158 valence electrons. The molecule has 1 aromatic carbocycles. The van der Waals surface area contributed by atoms with E-state index in [2.05, 4.69) is 20.3 Å². The van der Waals surface area contributed by atoms with Gasteiger partial charge in [0.25, 0.3) is 11.1 Å². The fourth-order valence-electron chi connectivity index (χ4n) is 2.70. The van der Waals surface area contributed by atoms with Crippen molar-refractivity contribution < 1.29 is 4.74 Å². The van der Waals surface area contributed by atoms with Crippen molar-refractivity contribution in [2.24, 2.45) is 0 Å². The summed E-state index contributed by atoms with van der Waals surface area (Å²) in [7, 11) is 0. The molecule has 3 heterocycles. The summed E-state index contributed by atoms with van der Waals surface area (Å²) >= 11 is 12.6. The fourth-order valence-corrected chi connectivity index (χ4v) is 3.26. The Morgan fingerprint density at radius 3 is 2.38 bits per heavy atom. The molecule has 11 nitrogen and oxygen atoms in total. The maximum Gasteiger partial charge on any atom is 0.349 e. The monoisotopic (exact) mass is 469 g/mol. The summed E-state index contributed by atoms with van der Waals surface area (Å²) in [5.41, 5.74) is -1.80. The van der Waals surface area contributed by atoms with Crippen LogP contribution < -0.4 is 21.5 Å². The first-order chi connectivity index (χ1) is 15.4. The standard InChI is InChI=1S/C19H9Cl2N7O4/c20-12-5-10(28-19(31)24-18(30)14(8-22)27-28)6-13(21)16(12)32-15-7-11(17(29)26-25-15)9-1-3-23-4-2-9/h1-7H,(H,26,29)(H,24,30,31). The van der Waals surface area contributed by atoms with Gasteiger partial charge in [-0.3, -0.25) is 19.6 Å². The normalized spacial score (nSPS) is 10.5. The summed E-state index contributed by atoms with van der Waals surface area (Å²) in [6, 6.07) is 8.88. The zero-order chi connectivity index (χ0) is 22.8. The van der Waals surface area contributed by atoms with Crippen LogP contribution in [0.3, 0.4) is 0 Å². The molecule has 0 aliphatic carbocycles. The first kappa shape index (κ1) is 21.0. The summed E-state index contributed by atoms with van der Waals surface area (Å²) in [6.45, 7) is 0. The van der Waals surface area contributed by atoms with Gasteiger partial charge in [-0.15, -0.1) is 10.2 Å². The highest BCUT2D eigenvalue weighted by Gasteiger charge is 2.16. The molecule has 4 aromatic rings. The van der Waals surface area contributed by atoms with Gasteiger partial charge in [0.15, 0.2) is 5.75 Å². The molecule has 3 aromatic heterocycles. The SMILES string of the molecule is N#Cc1nn(-c2cc(Cl)c(Oc3cc(-c4ccncc4)c(=O)[nH]n3)c(Cl)c2)c(=O)[nH]c1=O. The molecule has 0 bridgehead atoms. The van der Waals surface area contributed by atoms with E-state index >= 15 is 0 Å². The molecule has 0 aliphatic rings. The van der Waals surface area contributed by atoms with Gasteiger partial charge in [0, 0.05) is 18.5 Å². The minimum absolute atomic E-state index is 0.000868. The van der Waals surface area contributed by atoms with Gasteiger partial charge < -0.3 is 4.74 Å². The molecular formula is C19H9Cl2N7O4. The average Bonchev–Trinajstić information content (AvgIpc) is 2.78. The van der Waals surface area contributed by atoms with Crippen LogP contribution in [-0.4, -0.2) is 29.9 Å². The van der Waals surface area contributed by atoms with Crippen LogP contribution >= 0.6 is 23.2 Å². The van der Waals surface area contributed by atoms with Crippen LogP contribution in [0, 0.1) is 11.3 Å². The Bertz CT molecular complexity index is 1530. The molecule has 0 saturated carbocycles. The lowest BCUT2D eigenvalue weighted by Crippen LogP contribution is -2.33. The lowest BCUT2D eigenvalue weighted by Gasteiger charge is -2.12. The second kappa shape index (κ2) is 8.46. The molecule has 0 spiro atoms. The Labute approximate surface area is 187 Å². The second-order valence-electron chi connectivity index (χ2n) is 6.16. The highest BCUT2D eigenvalue weighted by Crippen LogP contribution is 2.37. The number of H-pyrrole nitrogens is 2. The van der Waals surface area contributed by atoms with Crippen molar-refractivity contribution in [3.8, 4) is 34.5 Å². The summed E-state index contributed by atoms with van der Waals surface area (Å²) in [5, 5.41) is 18.8. The van der Waals surface area contributed by atoms with Crippen molar-refractivity contribution in [3.05, 3.63) is 89.7 Å². The molecule has 0 saturated heterocycles. The van der Waals surface area contributed by atoms with Gasteiger partial charge in [0.1, 0.15) is 6.07 Å². The molecule has 0 atom stereocenters. The summed E-state index contributed by atoms with van der Waals surface area (Å²) < 4.78 is 6.43. The van der Waals surface area contributed by atoms with E-state index in [1.165, 1.54) is 30.6 Å². The third kappa shape index (κ3) is 4.00. The lowest BCUT2D eigenvalue weighted by molar-refractivity contribution is 0.455. The zero-order valence-corrected chi connectivity index (χ0v) is 17.2. The summed E-state index contributed by atoms with van der Waals surface area (Å²) in [5.74, 6) is -0.00523. The van der Waals surface area contributed by atoms with Crippen LogP contribution in [0.15, 0.2) is 57.1 Å². The molecule has 0 amide bonds. The predicted octanol–water partition coefficient (Wildman–Crippen LogP) is 2.04. The molecule has 32 heavy (non-hydrogen) atoms. The molecule has 0 radical (unpaired) electrons. The average molecular weight is 470 g/mol. The highest BCUT2D eigenvalue weighted by atomic mass is 35.5. The number of halogens is 2. The Morgan fingerprint density at radius 2 is 1.72 bits per heavy atom. The van der Waals surface area contributed by atoms with Gasteiger partial charge in [0.2, 0.25) is 11.6 Å². The van der Waals surface area contributed by atoms with Crippen molar-refractivity contribution in [2.45, 2.75) is 0 Å². The first-order valence-corrected chi connectivity index (χ1v) is 9.44. The number of benzene rings is 1. The molecule has 4 rings (SSSR count). The number of aromatic amines is 2. The van der Waals surface area contributed by atoms with E-state index in [0.29, 0.717) is 5.56 Å². The van der Waals surface area contributed by atoms with Crippen molar-refractivity contribution in [1.82, 2.24) is 29.9 Å². The minimum atomic E-state index is -0.917. The Hall–Kier alpha value is -4.27. The molecule has 13 heteroatoms. The van der Waals surface area contributed by atoms with Gasteiger partial charge in [-0.1, -0.05) is 23.2 Å². The van der Waals surface area contributed by atoms with Crippen LogP contribution in [-0.2, 0) is 0 Å². The second-order valence-corrected chi connectivity index (χ2v) is 6.97. The van der Waals surface area contributed by atoms with Crippen LogP contribution in [0.1, 0.15) is 5.69 Å². The quantitative estimate of drug-likeness (QED) is 0.458. The number of rotatable bonds is 4. The third-order valence-electron chi connectivity index (χ3n) is 4.14. The predicted molar refractivity (Wildman–Crippen MR) is 113 cm³/mol. The number of nitrogens with one attached hydrogen (secondary N) is 2. The number of pyridine rings is 1. The molecule has 0 unspecified atom stereocenters. The molecular weight excluding hydrogens is 461 g/mol. The molecule has 0 aliphatic heterocycles. The largest absolute Gasteiger partial charge is 0.434 e. The van der Waals surface area contributed by atoms with E-state index in [4.69, 9.17) is 33.2 Å². The van der Waals surface area contributed by atoms with E-state index in [0.717, 1.165) is 4.68 Å². The van der Waals surface area contributed by atoms with E-state index in [9.17, 15) is 14.4 Å². The van der Waals surface area contributed by atoms with Gasteiger partial charge in [-0.05, 0) is 29.8 Å². The van der Waals surface area contributed by atoms with Crippen molar-refractivity contribution in [2.75, 3.05) is 0 Å². The van der Waals surface area contributed by atoms with Crippen molar-refractivity contribution in [1.29, 1.82) is 5.26 Å². The van der Waals surface area contributed by atoms with E-state index in [1.54, 1.807) is 18.2 Å². The third-order valence-corrected chi connectivity index (χ3v) is 4.70. The Morgan fingerprint density at radius 1 is 1.03 bits per heavy atom.